The summed E-state index contributed by atoms with van der Waals surface area (Å²) in [5, 5.41) is 11.6. The molecule has 2 heterocycles. The van der Waals surface area contributed by atoms with Crippen LogP contribution >= 0.6 is 27.3 Å². The Morgan fingerprint density at radius 3 is 3.00 bits per heavy atom. The summed E-state index contributed by atoms with van der Waals surface area (Å²) < 4.78 is 1.19. The first-order valence-electron chi connectivity index (χ1n) is 5.87. The van der Waals surface area contributed by atoms with Crippen LogP contribution in [-0.2, 0) is 6.54 Å². The fourth-order valence-electron chi connectivity index (χ4n) is 2.31. The van der Waals surface area contributed by atoms with Gasteiger partial charge >= 0.3 is 0 Å². The number of aliphatic hydroxyl groups is 1. The molecule has 1 fully saturated rings. The molecule has 1 unspecified atom stereocenters. The van der Waals surface area contributed by atoms with Crippen molar-refractivity contribution in [2.75, 3.05) is 13.2 Å². The predicted octanol–water partition coefficient (Wildman–Crippen LogP) is 3.25. The summed E-state index contributed by atoms with van der Waals surface area (Å²) in [5.41, 5.74) is 1.36. The Morgan fingerprint density at radius 2 is 2.31 bits per heavy atom. The number of hydrogen-bond donors (Lipinski definition) is 1. The topological polar surface area (TPSA) is 23.5 Å². The molecule has 0 bridgehead atoms. The summed E-state index contributed by atoms with van der Waals surface area (Å²) in [6.45, 7) is 2.40. The lowest BCUT2D eigenvalue weighted by atomic mass is 10.1. The van der Waals surface area contributed by atoms with Crippen molar-refractivity contribution in [2.24, 2.45) is 0 Å². The van der Waals surface area contributed by atoms with Crippen molar-refractivity contribution in [2.45, 2.75) is 38.3 Å². The first kappa shape index (κ1) is 12.6. The Hall–Kier alpha value is 0.100. The van der Waals surface area contributed by atoms with E-state index in [1.807, 2.05) is 0 Å². The maximum absolute atomic E-state index is 9.42. The van der Waals surface area contributed by atoms with Crippen molar-refractivity contribution in [3.8, 4) is 0 Å². The first-order valence-corrected chi connectivity index (χ1v) is 7.54. The average molecular weight is 304 g/mol. The molecular weight excluding hydrogens is 286 g/mol. The smallest absolute Gasteiger partial charge is 0.0701 e. The standard InChI is InChI=1S/C12H18BrNOS/c13-12-6-10(9-16-12)7-14-5-3-1-2-4-11(14)8-15/h6,9,11,15H,1-5,7-8H2. The molecule has 1 N–H and O–H groups in total. The molecule has 90 valence electrons. The largest absolute Gasteiger partial charge is 0.395 e. The van der Waals surface area contributed by atoms with E-state index in [2.05, 4.69) is 32.3 Å². The molecule has 1 saturated heterocycles. The molecular formula is C12H18BrNOS. The van der Waals surface area contributed by atoms with Crippen LogP contribution in [0.4, 0.5) is 0 Å². The van der Waals surface area contributed by atoms with Crippen molar-refractivity contribution in [3.05, 3.63) is 20.8 Å². The third-order valence-corrected chi connectivity index (χ3v) is 4.77. The minimum Gasteiger partial charge on any atom is -0.395 e. The van der Waals surface area contributed by atoms with Crippen molar-refractivity contribution >= 4 is 27.3 Å². The van der Waals surface area contributed by atoms with E-state index in [1.54, 1.807) is 11.3 Å². The van der Waals surface area contributed by atoms with Gasteiger partial charge in [0.25, 0.3) is 0 Å². The Balaban J connectivity index is 1.99. The maximum Gasteiger partial charge on any atom is 0.0701 e. The van der Waals surface area contributed by atoms with Crippen LogP contribution in [0.1, 0.15) is 31.2 Å². The lowest BCUT2D eigenvalue weighted by molar-refractivity contribution is 0.118. The van der Waals surface area contributed by atoms with Crippen molar-refractivity contribution in [1.29, 1.82) is 0 Å². The zero-order chi connectivity index (χ0) is 11.4. The minimum atomic E-state index is 0.297. The molecule has 16 heavy (non-hydrogen) atoms. The normalized spacial score (nSPS) is 23.2. The Labute approximate surface area is 109 Å². The van der Waals surface area contributed by atoms with Gasteiger partial charge in [-0.1, -0.05) is 12.8 Å². The number of hydrogen-bond acceptors (Lipinski definition) is 3. The van der Waals surface area contributed by atoms with Crippen LogP contribution in [-0.4, -0.2) is 29.2 Å². The zero-order valence-electron chi connectivity index (χ0n) is 9.36. The summed E-state index contributed by atoms with van der Waals surface area (Å²) in [7, 11) is 0. The SMILES string of the molecule is OCC1CCCCCN1Cc1csc(Br)c1. The molecule has 0 aromatic carbocycles. The van der Waals surface area contributed by atoms with E-state index in [9.17, 15) is 5.11 Å². The van der Waals surface area contributed by atoms with Gasteiger partial charge in [-0.25, -0.2) is 0 Å². The summed E-state index contributed by atoms with van der Waals surface area (Å²) in [6, 6.07) is 2.55. The van der Waals surface area contributed by atoms with Crippen LogP contribution in [0.3, 0.4) is 0 Å². The van der Waals surface area contributed by atoms with Gasteiger partial charge in [-0.3, -0.25) is 4.90 Å². The quantitative estimate of drug-likeness (QED) is 0.926. The highest BCUT2D eigenvalue weighted by Crippen LogP contribution is 2.24. The molecule has 2 nitrogen and oxygen atoms in total. The number of nitrogens with zero attached hydrogens (tertiary/aromatic N) is 1. The van der Waals surface area contributed by atoms with Gasteiger partial charge in [0.1, 0.15) is 0 Å². The van der Waals surface area contributed by atoms with E-state index in [1.165, 1.54) is 28.6 Å². The fraction of sp³-hybridized carbons (Fsp3) is 0.667. The van der Waals surface area contributed by atoms with Crippen LogP contribution in [0.25, 0.3) is 0 Å². The van der Waals surface area contributed by atoms with Gasteiger partial charge in [-0.05, 0) is 52.3 Å². The number of rotatable bonds is 3. The summed E-state index contributed by atoms with van der Waals surface area (Å²) >= 11 is 5.23. The molecule has 1 aromatic rings. The van der Waals surface area contributed by atoms with E-state index in [4.69, 9.17) is 0 Å². The molecule has 0 saturated carbocycles. The maximum atomic E-state index is 9.42. The van der Waals surface area contributed by atoms with Gasteiger partial charge in [-0.15, -0.1) is 11.3 Å². The van der Waals surface area contributed by atoms with Crippen molar-refractivity contribution < 1.29 is 5.11 Å². The summed E-state index contributed by atoms with van der Waals surface area (Å²) in [5.74, 6) is 0. The average Bonchev–Trinajstić information content (AvgIpc) is 2.56. The van der Waals surface area contributed by atoms with Crippen LogP contribution in [0, 0.1) is 0 Å². The van der Waals surface area contributed by atoms with E-state index < -0.39 is 0 Å². The fourth-order valence-corrected chi connectivity index (χ4v) is 3.52. The van der Waals surface area contributed by atoms with E-state index in [0.717, 1.165) is 19.5 Å². The number of thiophene rings is 1. The number of aliphatic hydroxyl groups excluding tert-OH is 1. The third kappa shape index (κ3) is 3.29. The molecule has 4 heteroatoms. The Kier molecular flexibility index (Phi) is 4.82. The van der Waals surface area contributed by atoms with E-state index >= 15 is 0 Å². The summed E-state index contributed by atoms with van der Waals surface area (Å²) in [4.78, 5) is 2.43. The Morgan fingerprint density at radius 1 is 1.44 bits per heavy atom. The van der Waals surface area contributed by atoms with Crippen LogP contribution in [0.15, 0.2) is 15.2 Å². The summed E-state index contributed by atoms with van der Waals surface area (Å²) in [6.07, 6.45) is 4.97. The molecule has 0 radical (unpaired) electrons. The van der Waals surface area contributed by atoms with Crippen molar-refractivity contribution in [1.82, 2.24) is 4.90 Å². The molecule has 1 atom stereocenters. The zero-order valence-corrected chi connectivity index (χ0v) is 11.8. The lowest BCUT2D eigenvalue weighted by Gasteiger charge is -2.27. The Bertz CT molecular complexity index is 329. The van der Waals surface area contributed by atoms with Crippen molar-refractivity contribution in [3.63, 3.8) is 0 Å². The van der Waals surface area contributed by atoms with Gasteiger partial charge in [0.2, 0.25) is 0 Å². The highest BCUT2D eigenvalue weighted by molar-refractivity contribution is 9.11. The third-order valence-electron chi connectivity index (χ3n) is 3.22. The molecule has 1 aromatic heterocycles. The lowest BCUT2D eigenvalue weighted by Crippen LogP contribution is -2.36. The van der Waals surface area contributed by atoms with Crippen LogP contribution in [0.2, 0.25) is 0 Å². The minimum absolute atomic E-state index is 0.297. The second kappa shape index (κ2) is 6.15. The predicted molar refractivity (Wildman–Crippen MR) is 71.8 cm³/mol. The number of likely N-dealkylation sites (tertiary alicyclic amines) is 1. The van der Waals surface area contributed by atoms with Gasteiger partial charge < -0.3 is 5.11 Å². The molecule has 0 amide bonds. The molecule has 1 aliphatic heterocycles. The second-order valence-electron chi connectivity index (χ2n) is 4.42. The first-order chi connectivity index (χ1) is 7.79. The number of halogens is 1. The van der Waals surface area contributed by atoms with Gasteiger partial charge in [-0.2, -0.15) is 0 Å². The van der Waals surface area contributed by atoms with Gasteiger partial charge in [0.05, 0.1) is 10.4 Å². The van der Waals surface area contributed by atoms with Crippen LogP contribution < -0.4 is 0 Å². The molecule has 0 spiro atoms. The van der Waals surface area contributed by atoms with Gasteiger partial charge in [0, 0.05) is 12.6 Å². The van der Waals surface area contributed by atoms with E-state index in [0.29, 0.717) is 12.6 Å². The highest BCUT2D eigenvalue weighted by Gasteiger charge is 2.20. The monoisotopic (exact) mass is 303 g/mol. The second-order valence-corrected chi connectivity index (χ2v) is 6.71. The molecule has 0 aliphatic carbocycles. The van der Waals surface area contributed by atoms with E-state index in [-0.39, 0.29) is 0 Å². The van der Waals surface area contributed by atoms with Crippen LogP contribution in [0.5, 0.6) is 0 Å². The van der Waals surface area contributed by atoms with Gasteiger partial charge in [0.15, 0.2) is 0 Å². The molecule has 1 aliphatic rings. The molecule has 2 rings (SSSR count). The highest BCUT2D eigenvalue weighted by atomic mass is 79.9.